The minimum absolute atomic E-state index is 0.275. The van der Waals surface area contributed by atoms with Gasteiger partial charge < -0.3 is 21.1 Å². The minimum Gasteiger partial charge on any atom is -0.445 e. The lowest BCUT2D eigenvalue weighted by molar-refractivity contribution is -0.110. The predicted octanol–water partition coefficient (Wildman–Crippen LogP) is 3.66. The molecule has 3 aromatic rings. The molecule has 0 saturated heterocycles. The topological polar surface area (TPSA) is 93.4 Å². The summed E-state index contributed by atoms with van der Waals surface area (Å²) < 4.78 is 5.23. The lowest BCUT2D eigenvalue weighted by atomic mass is 9.94. The van der Waals surface area contributed by atoms with Crippen LogP contribution < -0.4 is 16.4 Å². The highest BCUT2D eigenvalue weighted by molar-refractivity contribution is 5.88. The van der Waals surface area contributed by atoms with E-state index in [-0.39, 0.29) is 12.7 Å². The van der Waals surface area contributed by atoms with Crippen LogP contribution in [0.4, 0.5) is 4.79 Å². The number of aryl methyl sites for hydroxylation is 1. The van der Waals surface area contributed by atoms with Crippen molar-refractivity contribution in [2.24, 2.45) is 5.73 Å². The van der Waals surface area contributed by atoms with Gasteiger partial charge in [0.15, 0.2) is 0 Å². The molecule has 162 valence electrons. The Hall–Kier alpha value is -3.38. The molecule has 3 aromatic carbocycles. The van der Waals surface area contributed by atoms with Gasteiger partial charge in [0.25, 0.3) is 0 Å². The van der Waals surface area contributed by atoms with E-state index in [4.69, 9.17) is 10.5 Å². The number of ether oxygens (including phenoxy) is 1. The van der Waals surface area contributed by atoms with Gasteiger partial charge in [-0.2, -0.15) is 0 Å². The van der Waals surface area contributed by atoms with Gasteiger partial charge in [-0.25, -0.2) is 4.79 Å². The number of alkyl carbamates (subject to hydrolysis) is 1. The monoisotopic (exact) mass is 419 g/mol. The first-order valence-corrected chi connectivity index (χ1v) is 10.6. The molecule has 0 spiro atoms. The molecule has 0 heterocycles. The Morgan fingerprint density at radius 1 is 0.935 bits per heavy atom. The van der Waals surface area contributed by atoms with Crippen molar-refractivity contribution < 1.29 is 14.3 Å². The third-order valence-electron chi connectivity index (χ3n) is 5.18. The van der Waals surface area contributed by atoms with Gasteiger partial charge in [-0.3, -0.25) is 4.79 Å². The average molecular weight is 420 g/mol. The first kappa shape index (κ1) is 22.3. The van der Waals surface area contributed by atoms with Crippen molar-refractivity contribution in [1.29, 1.82) is 0 Å². The zero-order valence-corrected chi connectivity index (χ0v) is 17.6. The van der Waals surface area contributed by atoms with Crippen molar-refractivity contribution in [2.75, 3.05) is 6.54 Å². The Morgan fingerprint density at radius 3 is 2.35 bits per heavy atom. The number of hydrogen-bond acceptors (Lipinski definition) is 4. The first-order chi connectivity index (χ1) is 15.2. The highest BCUT2D eigenvalue weighted by Gasteiger charge is 2.09. The highest BCUT2D eigenvalue weighted by atomic mass is 16.5. The van der Waals surface area contributed by atoms with Crippen LogP contribution in [-0.4, -0.2) is 25.2 Å². The summed E-state index contributed by atoms with van der Waals surface area (Å²) in [5.74, 6) is 0. The number of unbranched alkanes of at least 4 members (excludes halogenated alkanes) is 1. The Morgan fingerprint density at radius 2 is 1.61 bits per heavy atom. The number of amides is 2. The molecule has 0 bridgehead atoms. The molecule has 0 fully saturated rings. The van der Waals surface area contributed by atoms with Crippen LogP contribution in [0.5, 0.6) is 0 Å². The third-order valence-corrected chi connectivity index (χ3v) is 5.18. The molecular formula is C25H29N3O3. The van der Waals surface area contributed by atoms with E-state index in [0.717, 1.165) is 35.8 Å². The van der Waals surface area contributed by atoms with Crippen molar-refractivity contribution in [3.63, 3.8) is 0 Å². The zero-order valence-electron chi connectivity index (χ0n) is 17.6. The van der Waals surface area contributed by atoms with Crippen LogP contribution in [-0.2, 0) is 29.0 Å². The molecule has 4 N–H and O–H groups in total. The summed E-state index contributed by atoms with van der Waals surface area (Å²) >= 11 is 0. The number of carbonyl (C=O) groups is 2. The fourth-order valence-corrected chi connectivity index (χ4v) is 3.61. The molecule has 0 unspecified atom stereocenters. The fourth-order valence-electron chi connectivity index (χ4n) is 3.61. The van der Waals surface area contributed by atoms with Gasteiger partial charge in [0.05, 0.1) is 6.17 Å². The second-order valence-corrected chi connectivity index (χ2v) is 7.47. The number of rotatable bonds is 11. The van der Waals surface area contributed by atoms with Crippen LogP contribution >= 0.6 is 0 Å². The first-order valence-electron chi connectivity index (χ1n) is 10.6. The Kier molecular flexibility index (Phi) is 8.43. The van der Waals surface area contributed by atoms with Crippen LogP contribution in [0.2, 0.25) is 0 Å². The van der Waals surface area contributed by atoms with E-state index < -0.39 is 6.17 Å². The lowest BCUT2D eigenvalue weighted by Crippen LogP contribution is -2.38. The second kappa shape index (κ2) is 11.7. The number of hydrogen-bond donors (Lipinski definition) is 3. The van der Waals surface area contributed by atoms with Crippen molar-refractivity contribution >= 4 is 23.3 Å². The van der Waals surface area contributed by atoms with Crippen LogP contribution in [0.15, 0.2) is 66.7 Å². The molecule has 31 heavy (non-hydrogen) atoms. The highest BCUT2D eigenvalue weighted by Crippen LogP contribution is 2.25. The van der Waals surface area contributed by atoms with E-state index in [2.05, 4.69) is 34.9 Å². The maximum Gasteiger partial charge on any atom is 0.407 e. The van der Waals surface area contributed by atoms with Crippen LogP contribution in [0, 0.1) is 0 Å². The van der Waals surface area contributed by atoms with E-state index in [9.17, 15) is 9.59 Å². The van der Waals surface area contributed by atoms with Crippen molar-refractivity contribution in [2.45, 2.75) is 38.5 Å². The van der Waals surface area contributed by atoms with Crippen LogP contribution in [0.3, 0.4) is 0 Å². The van der Waals surface area contributed by atoms with E-state index in [1.54, 1.807) is 0 Å². The van der Waals surface area contributed by atoms with E-state index in [1.807, 2.05) is 42.5 Å². The molecule has 0 aliphatic rings. The molecule has 0 radical (unpaired) electrons. The quantitative estimate of drug-likeness (QED) is 0.251. The summed E-state index contributed by atoms with van der Waals surface area (Å²) in [6.45, 7) is 0.854. The molecule has 3 rings (SSSR count). The smallest absolute Gasteiger partial charge is 0.407 e. The normalized spacial score (nSPS) is 11.6. The predicted molar refractivity (Wildman–Crippen MR) is 122 cm³/mol. The molecule has 0 aromatic heterocycles. The van der Waals surface area contributed by atoms with E-state index >= 15 is 0 Å². The van der Waals surface area contributed by atoms with E-state index in [0.29, 0.717) is 19.4 Å². The average Bonchev–Trinajstić information content (AvgIpc) is 2.79. The van der Waals surface area contributed by atoms with Crippen LogP contribution in [0.25, 0.3) is 10.8 Å². The van der Waals surface area contributed by atoms with Gasteiger partial charge >= 0.3 is 6.09 Å². The third kappa shape index (κ3) is 6.83. The standard InChI is InChI=1S/C25H29N3O3/c26-24(28-18-29)16-21-14-13-20(22-11-4-5-12-23(21)22)10-6-7-15-27-25(30)31-17-19-8-2-1-3-9-19/h1-5,8-9,11-14,18,24H,6-7,10,15-17,26H2,(H,27,30)(H,28,29)/t24-/m1/s1. The van der Waals surface area contributed by atoms with Gasteiger partial charge in [-0.05, 0) is 46.7 Å². The molecule has 6 nitrogen and oxygen atoms in total. The largest absolute Gasteiger partial charge is 0.445 e. The molecule has 1 atom stereocenters. The Labute approximate surface area is 182 Å². The van der Waals surface area contributed by atoms with Gasteiger partial charge in [-0.15, -0.1) is 0 Å². The summed E-state index contributed by atoms with van der Waals surface area (Å²) in [5, 5.41) is 7.77. The number of fused-ring (bicyclic) bond motifs is 1. The maximum absolute atomic E-state index is 11.8. The summed E-state index contributed by atoms with van der Waals surface area (Å²) in [6, 6.07) is 22.1. The molecular weight excluding hydrogens is 390 g/mol. The van der Waals surface area contributed by atoms with Gasteiger partial charge in [0.1, 0.15) is 6.61 Å². The van der Waals surface area contributed by atoms with Crippen LogP contribution in [0.1, 0.15) is 29.5 Å². The number of nitrogens with two attached hydrogens (primary N) is 1. The van der Waals surface area contributed by atoms with Crippen molar-refractivity contribution in [3.05, 3.63) is 83.4 Å². The molecule has 0 saturated carbocycles. The zero-order chi connectivity index (χ0) is 21.9. The molecule has 6 heteroatoms. The van der Waals surface area contributed by atoms with Gasteiger partial charge in [-0.1, -0.05) is 66.7 Å². The number of nitrogens with one attached hydrogen (secondary N) is 2. The van der Waals surface area contributed by atoms with Crippen molar-refractivity contribution in [3.8, 4) is 0 Å². The van der Waals surface area contributed by atoms with Gasteiger partial charge in [0.2, 0.25) is 6.41 Å². The summed E-state index contributed by atoms with van der Waals surface area (Å²) in [5.41, 5.74) is 9.30. The van der Waals surface area contributed by atoms with E-state index in [1.165, 1.54) is 10.9 Å². The minimum atomic E-state index is -0.403. The Bertz CT molecular complexity index is 992. The van der Waals surface area contributed by atoms with Crippen molar-refractivity contribution in [1.82, 2.24) is 10.6 Å². The maximum atomic E-state index is 11.8. The second-order valence-electron chi connectivity index (χ2n) is 7.47. The Balaban J connectivity index is 1.46. The summed E-state index contributed by atoms with van der Waals surface area (Å²) in [7, 11) is 0. The SMILES string of the molecule is N[C@@H](Cc1ccc(CCCCNC(=O)OCc2ccccc2)c2ccccc12)NC=O. The lowest BCUT2D eigenvalue weighted by Gasteiger charge is -2.15. The molecule has 0 aliphatic carbocycles. The summed E-state index contributed by atoms with van der Waals surface area (Å²) in [6.07, 6.45) is 3.15. The summed E-state index contributed by atoms with van der Waals surface area (Å²) in [4.78, 5) is 22.4. The fraction of sp³-hybridized carbons (Fsp3) is 0.280. The molecule has 0 aliphatic heterocycles. The number of benzene rings is 3. The number of carbonyl (C=O) groups excluding carboxylic acids is 2. The molecule has 2 amide bonds. The van der Waals surface area contributed by atoms with Gasteiger partial charge in [0, 0.05) is 13.0 Å².